The Morgan fingerprint density at radius 3 is 2.19 bits per heavy atom. The van der Waals surface area contributed by atoms with E-state index in [0.29, 0.717) is 15.7 Å². The number of alkyl halides is 3. The molecule has 0 amide bonds. The summed E-state index contributed by atoms with van der Waals surface area (Å²) in [5.41, 5.74) is 0.539. The number of thiazole rings is 1. The average molecular weight is 264 g/mol. The molecule has 0 radical (unpaired) electrons. The van der Waals surface area contributed by atoms with Gasteiger partial charge in [0.2, 0.25) is 0 Å². The molecule has 2 aromatic rings. The van der Waals surface area contributed by atoms with Gasteiger partial charge in [-0.25, -0.2) is 4.98 Å². The third-order valence-corrected chi connectivity index (χ3v) is 2.96. The van der Waals surface area contributed by atoms with Gasteiger partial charge in [-0.05, 0) is 12.1 Å². The zero-order chi connectivity index (χ0) is 11.8. The summed E-state index contributed by atoms with van der Waals surface area (Å²) < 4.78 is 37.2. The van der Waals surface area contributed by atoms with Crippen molar-refractivity contribution in [2.24, 2.45) is 0 Å². The van der Waals surface area contributed by atoms with Crippen LogP contribution in [0.25, 0.3) is 11.3 Å². The minimum Gasteiger partial charge on any atom is -0.225 e. The van der Waals surface area contributed by atoms with Crippen LogP contribution in [0, 0.1) is 0 Å². The van der Waals surface area contributed by atoms with E-state index in [-0.39, 0.29) is 0 Å². The van der Waals surface area contributed by atoms with Gasteiger partial charge in [-0.1, -0.05) is 23.7 Å². The highest BCUT2D eigenvalue weighted by atomic mass is 35.5. The number of nitrogens with zero attached hydrogens (tertiary/aromatic N) is 1. The second-order valence-electron chi connectivity index (χ2n) is 3.06. The fourth-order valence-corrected chi connectivity index (χ4v) is 1.99. The summed E-state index contributed by atoms with van der Waals surface area (Å²) in [7, 11) is 0. The van der Waals surface area contributed by atoms with E-state index in [4.69, 9.17) is 11.6 Å². The van der Waals surface area contributed by atoms with Crippen LogP contribution in [-0.2, 0) is 6.18 Å². The minimum absolute atomic E-state index is 0.370. The maximum Gasteiger partial charge on any atom is 0.416 e. The van der Waals surface area contributed by atoms with Crippen molar-refractivity contribution >= 4 is 22.9 Å². The Morgan fingerprint density at radius 2 is 1.75 bits per heavy atom. The van der Waals surface area contributed by atoms with Crippen LogP contribution in [0.2, 0.25) is 4.47 Å². The first-order chi connectivity index (χ1) is 7.47. The van der Waals surface area contributed by atoms with Crippen LogP contribution in [0.1, 0.15) is 5.56 Å². The molecule has 0 unspecified atom stereocenters. The minimum atomic E-state index is -4.31. The highest BCUT2D eigenvalue weighted by Crippen LogP contribution is 2.31. The van der Waals surface area contributed by atoms with E-state index in [1.54, 1.807) is 5.38 Å². The van der Waals surface area contributed by atoms with Crippen LogP contribution >= 0.6 is 22.9 Å². The molecule has 1 nitrogen and oxygen atoms in total. The molecule has 84 valence electrons. The van der Waals surface area contributed by atoms with Crippen molar-refractivity contribution < 1.29 is 13.2 Å². The molecule has 2 rings (SSSR count). The van der Waals surface area contributed by atoms with Gasteiger partial charge in [-0.2, -0.15) is 13.2 Å². The molecule has 0 saturated heterocycles. The van der Waals surface area contributed by atoms with Crippen LogP contribution in [0.4, 0.5) is 13.2 Å². The predicted octanol–water partition coefficient (Wildman–Crippen LogP) is 4.48. The van der Waals surface area contributed by atoms with Crippen LogP contribution in [0.3, 0.4) is 0 Å². The Labute approximate surface area is 98.5 Å². The smallest absolute Gasteiger partial charge is 0.225 e. The van der Waals surface area contributed by atoms with Gasteiger partial charge in [0.05, 0.1) is 11.3 Å². The monoisotopic (exact) mass is 263 g/mol. The van der Waals surface area contributed by atoms with Gasteiger partial charge in [0.25, 0.3) is 0 Å². The van der Waals surface area contributed by atoms with Crippen molar-refractivity contribution in [3.63, 3.8) is 0 Å². The lowest BCUT2D eigenvalue weighted by Crippen LogP contribution is -2.03. The van der Waals surface area contributed by atoms with Gasteiger partial charge in [0.15, 0.2) is 4.47 Å². The molecule has 0 aliphatic heterocycles. The summed E-state index contributed by atoms with van der Waals surface area (Å²) in [5.74, 6) is 0. The van der Waals surface area contributed by atoms with Crippen LogP contribution in [0.15, 0.2) is 29.6 Å². The lowest BCUT2D eigenvalue weighted by Gasteiger charge is -2.06. The Hall–Kier alpha value is -1.07. The summed E-state index contributed by atoms with van der Waals surface area (Å²) >= 11 is 6.88. The molecular formula is C10H5ClF3NS. The topological polar surface area (TPSA) is 12.9 Å². The Kier molecular flexibility index (Phi) is 2.90. The van der Waals surface area contributed by atoms with E-state index in [1.165, 1.54) is 23.5 Å². The molecule has 0 N–H and O–H groups in total. The maximum absolute atomic E-state index is 12.3. The molecule has 0 atom stereocenters. The molecule has 0 aliphatic carbocycles. The molecule has 0 bridgehead atoms. The lowest BCUT2D eigenvalue weighted by atomic mass is 10.1. The number of hydrogen-bond donors (Lipinski definition) is 0. The van der Waals surface area contributed by atoms with Crippen molar-refractivity contribution in [1.29, 1.82) is 0 Å². The average Bonchev–Trinajstić information content (AvgIpc) is 2.64. The van der Waals surface area contributed by atoms with E-state index < -0.39 is 11.7 Å². The van der Waals surface area contributed by atoms with Gasteiger partial charge < -0.3 is 0 Å². The number of halogens is 4. The van der Waals surface area contributed by atoms with Gasteiger partial charge in [-0.3, -0.25) is 0 Å². The second-order valence-corrected chi connectivity index (χ2v) is 4.50. The predicted molar refractivity (Wildman–Crippen MR) is 57.6 cm³/mol. The number of benzene rings is 1. The summed E-state index contributed by atoms with van der Waals surface area (Å²) in [5, 5.41) is 1.70. The number of aromatic nitrogens is 1. The van der Waals surface area contributed by atoms with Crippen LogP contribution < -0.4 is 0 Å². The SMILES string of the molecule is FC(F)(F)c1ccc(-c2csc(Cl)n2)cc1. The lowest BCUT2D eigenvalue weighted by molar-refractivity contribution is -0.137. The maximum atomic E-state index is 12.3. The van der Waals surface area contributed by atoms with Crippen molar-refractivity contribution in [1.82, 2.24) is 4.98 Å². The fourth-order valence-electron chi connectivity index (χ4n) is 1.21. The zero-order valence-electron chi connectivity index (χ0n) is 7.75. The van der Waals surface area contributed by atoms with E-state index in [0.717, 1.165) is 12.1 Å². The molecule has 1 heterocycles. The van der Waals surface area contributed by atoms with Crippen LogP contribution in [-0.4, -0.2) is 4.98 Å². The van der Waals surface area contributed by atoms with Crippen molar-refractivity contribution in [2.45, 2.75) is 6.18 Å². The largest absolute Gasteiger partial charge is 0.416 e. The summed E-state index contributed by atoms with van der Waals surface area (Å²) in [6.45, 7) is 0. The molecule has 1 aromatic heterocycles. The second kappa shape index (κ2) is 4.07. The number of hydrogen-bond acceptors (Lipinski definition) is 2. The molecule has 6 heteroatoms. The van der Waals surface area contributed by atoms with E-state index >= 15 is 0 Å². The standard InChI is InChI=1S/C10H5ClF3NS/c11-9-15-8(5-16-9)6-1-3-7(4-2-6)10(12,13)14/h1-5H. The molecule has 1 aromatic carbocycles. The summed E-state index contributed by atoms with van der Waals surface area (Å²) in [6.07, 6.45) is -4.31. The molecular weight excluding hydrogens is 259 g/mol. The highest BCUT2D eigenvalue weighted by molar-refractivity contribution is 7.14. The third-order valence-electron chi connectivity index (χ3n) is 1.98. The summed E-state index contributed by atoms with van der Waals surface area (Å²) in [6, 6.07) is 4.83. The van der Waals surface area contributed by atoms with Gasteiger partial charge in [-0.15, -0.1) is 11.3 Å². The summed E-state index contributed by atoms with van der Waals surface area (Å²) in [4.78, 5) is 3.98. The normalized spacial score (nSPS) is 11.8. The van der Waals surface area contributed by atoms with Gasteiger partial charge in [0, 0.05) is 10.9 Å². The molecule has 0 saturated carbocycles. The fraction of sp³-hybridized carbons (Fsp3) is 0.100. The first kappa shape index (κ1) is 11.4. The molecule has 0 aliphatic rings. The van der Waals surface area contributed by atoms with Crippen molar-refractivity contribution in [2.75, 3.05) is 0 Å². The van der Waals surface area contributed by atoms with Crippen molar-refractivity contribution in [3.05, 3.63) is 39.7 Å². The van der Waals surface area contributed by atoms with Crippen molar-refractivity contribution in [3.8, 4) is 11.3 Å². The third kappa shape index (κ3) is 2.36. The highest BCUT2D eigenvalue weighted by Gasteiger charge is 2.29. The first-order valence-corrected chi connectivity index (χ1v) is 5.51. The Bertz CT molecular complexity index is 490. The molecule has 0 spiro atoms. The molecule has 0 fully saturated rings. The van der Waals surface area contributed by atoms with Gasteiger partial charge in [0.1, 0.15) is 0 Å². The van der Waals surface area contributed by atoms with E-state index in [1.807, 2.05) is 0 Å². The number of rotatable bonds is 1. The van der Waals surface area contributed by atoms with E-state index in [2.05, 4.69) is 4.98 Å². The zero-order valence-corrected chi connectivity index (χ0v) is 9.33. The quantitative estimate of drug-likeness (QED) is 0.739. The van der Waals surface area contributed by atoms with Crippen LogP contribution in [0.5, 0.6) is 0 Å². The Morgan fingerprint density at radius 1 is 1.12 bits per heavy atom. The Balaban J connectivity index is 2.33. The first-order valence-electron chi connectivity index (χ1n) is 4.25. The van der Waals surface area contributed by atoms with Gasteiger partial charge >= 0.3 is 6.18 Å². The molecule has 16 heavy (non-hydrogen) atoms. The van der Waals surface area contributed by atoms with E-state index in [9.17, 15) is 13.2 Å².